The predicted molar refractivity (Wildman–Crippen MR) is 82.1 cm³/mol. The summed E-state index contributed by atoms with van der Waals surface area (Å²) >= 11 is 3.44. The second-order valence-corrected chi connectivity index (χ2v) is 6.38. The fraction of sp³-hybridized carbons (Fsp3) is 0.600. The Morgan fingerprint density at radius 2 is 2.25 bits per heavy atom. The lowest BCUT2D eigenvalue weighted by Gasteiger charge is -2.26. The molecule has 0 radical (unpaired) electrons. The van der Waals surface area contributed by atoms with Crippen LogP contribution in [0.3, 0.4) is 0 Å². The minimum absolute atomic E-state index is 0.207. The van der Waals surface area contributed by atoms with Crippen LogP contribution in [0.25, 0.3) is 0 Å². The zero-order valence-corrected chi connectivity index (χ0v) is 13.6. The van der Waals surface area contributed by atoms with Crippen molar-refractivity contribution in [3.63, 3.8) is 0 Å². The number of nitrogens with zero attached hydrogens (tertiary/aromatic N) is 1. The topological polar surface area (TPSA) is 52.9 Å². The molecule has 0 aliphatic carbocycles. The first-order valence-electron chi connectivity index (χ1n) is 6.98. The van der Waals surface area contributed by atoms with Crippen molar-refractivity contribution >= 4 is 15.9 Å². The van der Waals surface area contributed by atoms with Crippen molar-refractivity contribution in [2.24, 2.45) is 0 Å². The first-order chi connectivity index (χ1) is 9.51. The van der Waals surface area contributed by atoms with Crippen LogP contribution in [-0.4, -0.2) is 40.9 Å². The molecule has 2 rings (SSSR count). The lowest BCUT2D eigenvalue weighted by atomic mass is 10.1. The third-order valence-electron chi connectivity index (χ3n) is 3.82. The number of halogens is 1. The summed E-state index contributed by atoms with van der Waals surface area (Å²) in [6, 6.07) is 4.07. The van der Waals surface area contributed by atoms with Gasteiger partial charge in [0.2, 0.25) is 0 Å². The molecule has 0 spiro atoms. The van der Waals surface area contributed by atoms with Gasteiger partial charge >= 0.3 is 0 Å². The maximum absolute atomic E-state index is 10.2. The van der Waals surface area contributed by atoms with Crippen LogP contribution >= 0.6 is 15.9 Å². The largest absolute Gasteiger partial charge is 0.504 e. The van der Waals surface area contributed by atoms with E-state index in [9.17, 15) is 10.2 Å². The number of rotatable bonds is 5. The van der Waals surface area contributed by atoms with Crippen molar-refractivity contribution < 1.29 is 14.9 Å². The van der Waals surface area contributed by atoms with E-state index in [1.54, 1.807) is 13.2 Å². The Morgan fingerprint density at radius 1 is 1.50 bits per heavy atom. The van der Waals surface area contributed by atoms with Gasteiger partial charge in [0.1, 0.15) is 0 Å². The molecule has 2 atom stereocenters. The maximum atomic E-state index is 10.2. The van der Waals surface area contributed by atoms with Gasteiger partial charge in [-0.1, -0.05) is 15.9 Å². The van der Waals surface area contributed by atoms with Crippen molar-refractivity contribution in [1.29, 1.82) is 0 Å². The van der Waals surface area contributed by atoms with E-state index in [-0.39, 0.29) is 11.9 Å². The van der Waals surface area contributed by atoms with Gasteiger partial charge in [-0.25, -0.2) is 0 Å². The van der Waals surface area contributed by atoms with Gasteiger partial charge in [0.15, 0.2) is 11.5 Å². The number of ether oxygens (including phenoxy) is 1. The monoisotopic (exact) mass is 343 g/mol. The standard InChI is InChI=1S/C15H22BrNO3/c1-10(18)6-13-4-3-5-17(13)9-11-7-12(16)8-14(20-2)15(11)19/h7-8,10,13,18-19H,3-6,9H2,1-2H3. The molecule has 1 heterocycles. The van der Waals surface area contributed by atoms with Gasteiger partial charge in [0, 0.05) is 22.6 Å². The summed E-state index contributed by atoms with van der Waals surface area (Å²) < 4.78 is 6.08. The Hall–Kier alpha value is -0.780. The summed E-state index contributed by atoms with van der Waals surface area (Å²) in [6.07, 6.45) is 2.75. The van der Waals surface area contributed by atoms with Gasteiger partial charge in [-0.3, -0.25) is 4.90 Å². The van der Waals surface area contributed by atoms with Crippen LogP contribution in [0.15, 0.2) is 16.6 Å². The van der Waals surface area contributed by atoms with Crippen LogP contribution < -0.4 is 4.74 Å². The zero-order valence-electron chi connectivity index (χ0n) is 12.0. The van der Waals surface area contributed by atoms with E-state index in [0.717, 1.165) is 35.8 Å². The zero-order chi connectivity index (χ0) is 14.7. The van der Waals surface area contributed by atoms with E-state index >= 15 is 0 Å². The quantitative estimate of drug-likeness (QED) is 0.863. The lowest BCUT2D eigenvalue weighted by Crippen LogP contribution is -2.31. The summed E-state index contributed by atoms with van der Waals surface area (Å²) in [6.45, 7) is 3.51. The highest BCUT2D eigenvalue weighted by Gasteiger charge is 2.26. The lowest BCUT2D eigenvalue weighted by molar-refractivity contribution is 0.130. The Balaban J connectivity index is 2.15. The molecule has 112 valence electrons. The van der Waals surface area contributed by atoms with E-state index in [0.29, 0.717) is 18.3 Å². The first-order valence-corrected chi connectivity index (χ1v) is 7.78. The molecular formula is C15H22BrNO3. The van der Waals surface area contributed by atoms with E-state index < -0.39 is 0 Å². The Morgan fingerprint density at radius 3 is 2.90 bits per heavy atom. The normalized spacial score (nSPS) is 21.1. The third kappa shape index (κ3) is 3.65. The van der Waals surface area contributed by atoms with Crippen LogP contribution in [0.4, 0.5) is 0 Å². The number of aliphatic hydroxyl groups is 1. The molecule has 0 aromatic heterocycles. The molecule has 1 aliphatic rings. The minimum atomic E-state index is -0.286. The number of phenols is 1. The van der Waals surface area contributed by atoms with Crippen molar-refractivity contribution in [3.05, 3.63) is 22.2 Å². The van der Waals surface area contributed by atoms with Crippen LogP contribution in [0.2, 0.25) is 0 Å². The summed E-state index contributed by atoms with van der Waals surface area (Å²) in [7, 11) is 1.55. The van der Waals surface area contributed by atoms with Gasteiger partial charge < -0.3 is 14.9 Å². The molecule has 1 aromatic carbocycles. The molecular weight excluding hydrogens is 322 g/mol. The van der Waals surface area contributed by atoms with Gasteiger partial charge in [0.25, 0.3) is 0 Å². The van der Waals surface area contributed by atoms with Gasteiger partial charge in [-0.2, -0.15) is 0 Å². The van der Waals surface area contributed by atoms with Crippen LogP contribution in [0, 0.1) is 0 Å². The Bertz CT molecular complexity index is 465. The van der Waals surface area contributed by atoms with E-state index in [1.807, 2.05) is 13.0 Å². The SMILES string of the molecule is COc1cc(Br)cc(CN2CCCC2CC(C)O)c1O. The van der Waals surface area contributed by atoms with Crippen molar-refractivity contribution in [3.8, 4) is 11.5 Å². The Kier molecular flexibility index (Phi) is 5.29. The molecule has 1 aliphatic heterocycles. The fourth-order valence-electron chi connectivity index (χ4n) is 2.89. The van der Waals surface area contributed by atoms with Crippen molar-refractivity contribution in [2.75, 3.05) is 13.7 Å². The van der Waals surface area contributed by atoms with Gasteiger partial charge in [0.05, 0.1) is 13.2 Å². The highest BCUT2D eigenvalue weighted by atomic mass is 79.9. The number of aromatic hydroxyl groups is 1. The number of hydrogen-bond donors (Lipinski definition) is 2. The molecule has 0 bridgehead atoms. The number of methoxy groups -OCH3 is 1. The number of benzene rings is 1. The highest BCUT2D eigenvalue weighted by molar-refractivity contribution is 9.10. The van der Waals surface area contributed by atoms with Crippen LogP contribution in [-0.2, 0) is 6.54 Å². The molecule has 5 heteroatoms. The second kappa shape index (κ2) is 6.78. The van der Waals surface area contributed by atoms with E-state index in [2.05, 4.69) is 20.8 Å². The van der Waals surface area contributed by atoms with Crippen LogP contribution in [0.1, 0.15) is 31.7 Å². The minimum Gasteiger partial charge on any atom is -0.504 e. The van der Waals surface area contributed by atoms with Crippen LogP contribution in [0.5, 0.6) is 11.5 Å². The molecule has 20 heavy (non-hydrogen) atoms. The summed E-state index contributed by atoms with van der Waals surface area (Å²) in [4.78, 5) is 2.33. The fourth-order valence-corrected chi connectivity index (χ4v) is 3.37. The number of phenolic OH excluding ortho intramolecular Hbond substituents is 1. The van der Waals surface area contributed by atoms with Crippen molar-refractivity contribution in [2.45, 2.75) is 44.9 Å². The van der Waals surface area contributed by atoms with Gasteiger partial charge in [-0.05, 0) is 44.9 Å². The average Bonchev–Trinajstić information content (AvgIpc) is 2.80. The van der Waals surface area contributed by atoms with E-state index in [4.69, 9.17) is 4.74 Å². The summed E-state index contributed by atoms with van der Waals surface area (Å²) in [5.41, 5.74) is 0.855. The molecule has 0 saturated carbocycles. The molecule has 4 nitrogen and oxygen atoms in total. The molecule has 0 amide bonds. The number of likely N-dealkylation sites (tertiary alicyclic amines) is 1. The smallest absolute Gasteiger partial charge is 0.162 e. The number of hydrogen-bond acceptors (Lipinski definition) is 4. The number of aliphatic hydroxyl groups excluding tert-OH is 1. The maximum Gasteiger partial charge on any atom is 0.162 e. The molecule has 2 N–H and O–H groups in total. The third-order valence-corrected chi connectivity index (χ3v) is 4.28. The second-order valence-electron chi connectivity index (χ2n) is 5.47. The Labute approximate surface area is 128 Å². The highest BCUT2D eigenvalue weighted by Crippen LogP contribution is 2.35. The average molecular weight is 344 g/mol. The predicted octanol–water partition coefficient (Wildman–Crippen LogP) is 2.90. The summed E-state index contributed by atoms with van der Waals surface area (Å²) in [5, 5.41) is 19.8. The van der Waals surface area contributed by atoms with Gasteiger partial charge in [-0.15, -0.1) is 0 Å². The molecule has 2 unspecified atom stereocenters. The van der Waals surface area contributed by atoms with Crippen molar-refractivity contribution in [1.82, 2.24) is 4.90 Å². The van der Waals surface area contributed by atoms with E-state index in [1.165, 1.54) is 0 Å². The molecule has 1 aromatic rings. The molecule has 1 fully saturated rings. The molecule has 1 saturated heterocycles. The summed E-state index contributed by atoms with van der Waals surface area (Å²) in [5.74, 6) is 0.694. The first kappa shape index (κ1) is 15.6.